The summed E-state index contributed by atoms with van der Waals surface area (Å²) in [5, 5.41) is 1.20. The second-order valence-corrected chi connectivity index (χ2v) is 7.29. The predicted molar refractivity (Wildman–Crippen MR) is 114 cm³/mol. The molecule has 3 aromatic rings. The third kappa shape index (κ3) is 6.24. The average molecular weight is 393 g/mol. The number of para-hydroxylation sites is 1. The van der Waals surface area contributed by atoms with E-state index in [9.17, 15) is 9.59 Å². The summed E-state index contributed by atoms with van der Waals surface area (Å²) in [6.07, 6.45) is 15.5. The molecule has 0 unspecified atom stereocenters. The largest absolute Gasteiger partial charge is 0.340 e. The lowest BCUT2D eigenvalue weighted by Gasteiger charge is -2.30. The van der Waals surface area contributed by atoms with Crippen LogP contribution in [0.1, 0.15) is 44.9 Å². The first-order valence-corrected chi connectivity index (χ1v) is 10.3. The minimum atomic E-state index is 0.405. The highest BCUT2D eigenvalue weighted by atomic mass is 16.2. The van der Waals surface area contributed by atoms with Crippen molar-refractivity contribution in [2.45, 2.75) is 51.0 Å². The number of pyridine rings is 1. The van der Waals surface area contributed by atoms with Gasteiger partial charge in [-0.3, -0.25) is 19.1 Å². The van der Waals surface area contributed by atoms with Gasteiger partial charge in [0, 0.05) is 43.0 Å². The van der Waals surface area contributed by atoms with Gasteiger partial charge in [-0.05, 0) is 31.4 Å². The number of hydrogen-bond donors (Lipinski definition) is 0. The van der Waals surface area contributed by atoms with E-state index in [4.69, 9.17) is 0 Å². The summed E-state index contributed by atoms with van der Waals surface area (Å²) >= 11 is 0. The number of rotatable bonds is 2. The number of amides is 1. The maximum absolute atomic E-state index is 11.4. The van der Waals surface area contributed by atoms with E-state index < -0.39 is 0 Å². The fourth-order valence-electron chi connectivity index (χ4n) is 3.80. The zero-order valence-corrected chi connectivity index (χ0v) is 16.7. The Balaban J connectivity index is 0.000000129. The standard InChI is InChI=1S/C10H17NO.C9H7N.C4H4N2O/c12-10-7-4-8-11(10)9-5-2-1-3-6-9;1-2-6-9-8(4-1)5-3-7-10-9;7-4-6-2-1-5-3-6/h9H,1-8H2;1-7H;1-4H. The zero-order chi connectivity index (χ0) is 20.3. The Kier molecular flexibility index (Phi) is 7.92. The van der Waals surface area contributed by atoms with E-state index in [1.165, 1.54) is 48.4 Å². The van der Waals surface area contributed by atoms with Crippen molar-refractivity contribution in [2.24, 2.45) is 0 Å². The minimum absolute atomic E-state index is 0.405. The van der Waals surface area contributed by atoms with Crippen LogP contribution in [0.4, 0.5) is 0 Å². The van der Waals surface area contributed by atoms with Gasteiger partial charge in [0.15, 0.2) is 0 Å². The average Bonchev–Trinajstić information content (AvgIpc) is 3.47. The molecule has 6 nitrogen and oxygen atoms in total. The van der Waals surface area contributed by atoms with E-state index in [2.05, 4.69) is 27.0 Å². The number of hydrogen-bond acceptors (Lipinski definition) is 4. The van der Waals surface area contributed by atoms with Gasteiger partial charge in [0.2, 0.25) is 12.3 Å². The molecule has 0 bridgehead atoms. The summed E-state index contributed by atoms with van der Waals surface area (Å²) in [4.78, 5) is 31.1. The van der Waals surface area contributed by atoms with Crippen LogP contribution in [0.3, 0.4) is 0 Å². The molecule has 0 radical (unpaired) electrons. The first kappa shape index (κ1) is 20.7. The third-order valence-electron chi connectivity index (χ3n) is 5.28. The number of benzene rings is 1. The van der Waals surface area contributed by atoms with Crippen LogP contribution >= 0.6 is 0 Å². The van der Waals surface area contributed by atoms with Gasteiger partial charge in [0.25, 0.3) is 0 Å². The monoisotopic (exact) mass is 392 g/mol. The van der Waals surface area contributed by atoms with Gasteiger partial charge < -0.3 is 4.90 Å². The highest BCUT2D eigenvalue weighted by molar-refractivity contribution is 5.78. The molecule has 0 atom stereocenters. The number of fused-ring (bicyclic) bond motifs is 1. The molecule has 1 saturated heterocycles. The Morgan fingerprint density at radius 3 is 2.38 bits per heavy atom. The zero-order valence-electron chi connectivity index (χ0n) is 16.7. The first-order valence-electron chi connectivity index (χ1n) is 10.3. The van der Waals surface area contributed by atoms with Crippen molar-refractivity contribution in [1.82, 2.24) is 19.4 Å². The van der Waals surface area contributed by atoms with Gasteiger partial charge in [-0.2, -0.15) is 0 Å². The number of carbonyl (C=O) groups excluding carboxylic acids is 2. The first-order chi connectivity index (χ1) is 14.3. The highest BCUT2D eigenvalue weighted by Crippen LogP contribution is 2.25. The lowest BCUT2D eigenvalue weighted by Crippen LogP contribution is -2.37. The van der Waals surface area contributed by atoms with E-state index in [0.29, 0.717) is 18.4 Å². The lowest BCUT2D eigenvalue weighted by atomic mass is 9.94. The van der Waals surface area contributed by atoms with Crippen LogP contribution in [0.2, 0.25) is 0 Å². The SMILES string of the molecule is O=C1CCCN1C1CCCCC1.O=Cn1ccnc1.c1ccc2ncccc2c1. The quantitative estimate of drug-likeness (QED) is 0.616. The second-order valence-electron chi connectivity index (χ2n) is 7.29. The fraction of sp³-hybridized carbons (Fsp3) is 0.391. The molecule has 2 aromatic heterocycles. The van der Waals surface area contributed by atoms with Crippen molar-refractivity contribution in [1.29, 1.82) is 0 Å². The molecule has 152 valence electrons. The number of imidazole rings is 1. The van der Waals surface area contributed by atoms with Crippen molar-refractivity contribution in [3.8, 4) is 0 Å². The van der Waals surface area contributed by atoms with Crippen LogP contribution in [0, 0.1) is 0 Å². The Hall–Kier alpha value is -3.02. The maximum atomic E-state index is 11.4. The van der Waals surface area contributed by atoms with Crippen LogP contribution in [-0.2, 0) is 9.59 Å². The summed E-state index contributed by atoms with van der Waals surface area (Å²) in [5.74, 6) is 0.405. The molecule has 1 amide bonds. The molecule has 1 aliphatic heterocycles. The molecular weight excluding hydrogens is 364 g/mol. The molecule has 6 heteroatoms. The van der Waals surface area contributed by atoms with Gasteiger partial charge in [-0.15, -0.1) is 0 Å². The van der Waals surface area contributed by atoms with Crippen molar-refractivity contribution >= 4 is 23.2 Å². The van der Waals surface area contributed by atoms with E-state index in [0.717, 1.165) is 24.9 Å². The summed E-state index contributed by atoms with van der Waals surface area (Å²) in [6, 6.07) is 12.7. The molecule has 3 heterocycles. The van der Waals surface area contributed by atoms with Crippen LogP contribution < -0.4 is 0 Å². The number of aromatic nitrogens is 3. The van der Waals surface area contributed by atoms with Crippen molar-refractivity contribution in [3.05, 3.63) is 61.3 Å². The van der Waals surface area contributed by atoms with Gasteiger partial charge in [-0.1, -0.05) is 43.5 Å². The van der Waals surface area contributed by atoms with E-state index >= 15 is 0 Å². The summed E-state index contributed by atoms with van der Waals surface area (Å²) in [5.41, 5.74) is 1.06. The molecule has 1 aromatic carbocycles. The normalized spacial score (nSPS) is 16.6. The van der Waals surface area contributed by atoms with Crippen LogP contribution in [0.15, 0.2) is 61.3 Å². The maximum Gasteiger partial charge on any atom is 0.222 e. The summed E-state index contributed by atoms with van der Waals surface area (Å²) in [6.45, 7) is 1.03. The van der Waals surface area contributed by atoms with E-state index in [1.807, 2.05) is 30.5 Å². The molecule has 0 N–H and O–H groups in total. The number of nitrogens with zero attached hydrogens (tertiary/aromatic N) is 4. The van der Waals surface area contributed by atoms with E-state index in [-0.39, 0.29) is 0 Å². The Labute approximate surface area is 171 Å². The van der Waals surface area contributed by atoms with Crippen molar-refractivity contribution in [3.63, 3.8) is 0 Å². The molecule has 1 aliphatic carbocycles. The topological polar surface area (TPSA) is 68.1 Å². The molecular formula is C23H28N4O2. The minimum Gasteiger partial charge on any atom is -0.340 e. The fourth-order valence-corrected chi connectivity index (χ4v) is 3.80. The summed E-state index contributed by atoms with van der Waals surface area (Å²) in [7, 11) is 0. The summed E-state index contributed by atoms with van der Waals surface area (Å²) < 4.78 is 1.33. The second kappa shape index (κ2) is 11.1. The Morgan fingerprint density at radius 1 is 0.966 bits per heavy atom. The Morgan fingerprint density at radius 2 is 1.76 bits per heavy atom. The van der Waals surface area contributed by atoms with Crippen molar-refractivity contribution in [2.75, 3.05) is 6.54 Å². The molecule has 29 heavy (non-hydrogen) atoms. The van der Waals surface area contributed by atoms with E-state index in [1.54, 1.807) is 12.4 Å². The highest BCUT2D eigenvalue weighted by Gasteiger charge is 2.28. The number of carbonyl (C=O) groups is 2. The van der Waals surface area contributed by atoms with Crippen LogP contribution in [0.25, 0.3) is 10.9 Å². The van der Waals surface area contributed by atoms with Gasteiger partial charge in [-0.25, -0.2) is 4.98 Å². The van der Waals surface area contributed by atoms with Gasteiger partial charge >= 0.3 is 0 Å². The number of likely N-dealkylation sites (tertiary alicyclic amines) is 1. The van der Waals surface area contributed by atoms with Gasteiger partial charge in [0.05, 0.1) is 5.52 Å². The predicted octanol–water partition coefficient (Wildman–Crippen LogP) is 4.10. The van der Waals surface area contributed by atoms with Crippen LogP contribution in [-0.4, -0.2) is 44.3 Å². The molecule has 5 rings (SSSR count). The lowest BCUT2D eigenvalue weighted by molar-refractivity contribution is -0.130. The molecule has 2 fully saturated rings. The van der Waals surface area contributed by atoms with Gasteiger partial charge in [0.1, 0.15) is 6.33 Å². The third-order valence-corrected chi connectivity index (χ3v) is 5.28. The molecule has 2 aliphatic rings. The van der Waals surface area contributed by atoms with Crippen molar-refractivity contribution < 1.29 is 9.59 Å². The molecule has 1 saturated carbocycles. The smallest absolute Gasteiger partial charge is 0.222 e. The van der Waals surface area contributed by atoms with Crippen LogP contribution in [0.5, 0.6) is 0 Å². The Bertz CT molecular complexity index is 823. The molecule has 0 spiro atoms.